The van der Waals surface area contributed by atoms with Gasteiger partial charge in [0.25, 0.3) is 0 Å². The van der Waals surface area contributed by atoms with Crippen LogP contribution in [0, 0.1) is 6.92 Å². The molecule has 0 amide bonds. The molecule has 2 heterocycles. The zero-order valence-corrected chi connectivity index (χ0v) is 11.6. The van der Waals surface area contributed by atoms with Crippen LogP contribution in [-0.4, -0.2) is 19.1 Å². The third-order valence-electron chi connectivity index (χ3n) is 3.11. The molecule has 0 saturated heterocycles. The van der Waals surface area contributed by atoms with Crippen LogP contribution in [0.3, 0.4) is 0 Å². The van der Waals surface area contributed by atoms with Crippen LogP contribution in [0.2, 0.25) is 0 Å². The first-order valence-electron chi connectivity index (χ1n) is 6.02. The molecule has 2 aromatic heterocycles. The van der Waals surface area contributed by atoms with Crippen LogP contribution in [0.1, 0.15) is 5.56 Å². The maximum atomic E-state index is 12.7. The summed E-state index contributed by atoms with van der Waals surface area (Å²) in [5.74, 6) is 0.0533. The molecular weight excluding hydrogens is 274 g/mol. The number of pyridine rings is 1. The zero-order chi connectivity index (χ0) is 14.3. The molecule has 3 N–H and O–H groups in total. The lowest BCUT2D eigenvalue weighted by Gasteiger charge is -2.02. The van der Waals surface area contributed by atoms with Crippen LogP contribution < -0.4 is 5.73 Å². The second kappa shape index (κ2) is 4.64. The highest BCUT2D eigenvalue weighted by atomic mass is 32.2. The molecule has 0 bridgehead atoms. The van der Waals surface area contributed by atoms with Crippen LogP contribution in [0.4, 0.5) is 5.82 Å². The summed E-state index contributed by atoms with van der Waals surface area (Å²) in [5, 5.41) is 9.94. The molecule has 5 nitrogen and oxygen atoms in total. The van der Waals surface area contributed by atoms with Crippen molar-refractivity contribution in [1.82, 2.24) is 9.71 Å². The Morgan fingerprint density at radius 1 is 1.25 bits per heavy atom. The predicted octanol–water partition coefficient (Wildman–Crippen LogP) is 2.33. The molecule has 0 saturated carbocycles. The normalized spacial score (nSPS) is 12.7. The summed E-state index contributed by atoms with van der Waals surface area (Å²) in [6, 6.07) is 10.7. The predicted molar refractivity (Wildman–Crippen MR) is 77.2 cm³/mol. The Morgan fingerprint density at radius 2 is 1.95 bits per heavy atom. The van der Waals surface area contributed by atoms with Gasteiger partial charge in [0.15, 0.2) is 5.82 Å². The van der Waals surface area contributed by atoms with E-state index in [1.165, 1.54) is 0 Å². The number of nitrogen functional groups attached to an aromatic ring is 1. The van der Waals surface area contributed by atoms with E-state index in [1.54, 1.807) is 30.5 Å². The number of hydrogen-bond donors (Lipinski definition) is 2. The Bertz CT molecular complexity index is 809. The minimum absolute atomic E-state index is 0.0533. The molecule has 0 aliphatic rings. The van der Waals surface area contributed by atoms with E-state index >= 15 is 0 Å². The molecule has 3 aromatic rings. The first kappa shape index (κ1) is 12.7. The molecule has 0 aliphatic carbocycles. The summed E-state index contributed by atoms with van der Waals surface area (Å²) in [5.41, 5.74) is 7.84. The van der Waals surface area contributed by atoms with E-state index in [1.807, 2.05) is 19.1 Å². The van der Waals surface area contributed by atoms with Gasteiger partial charge in [0.05, 0.1) is 10.8 Å². The summed E-state index contributed by atoms with van der Waals surface area (Å²) in [4.78, 5) is 5.14. The minimum Gasteiger partial charge on any atom is -0.426 e. The zero-order valence-electron chi connectivity index (χ0n) is 10.8. The highest BCUT2D eigenvalue weighted by Gasteiger charge is 2.21. The third kappa shape index (κ3) is 1.85. The molecule has 6 heteroatoms. The maximum Gasteiger partial charge on any atom is 0.159 e. The summed E-state index contributed by atoms with van der Waals surface area (Å²) < 4.78 is 13.5. The van der Waals surface area contributed by atoms with E-state index in [4.69, 9.17) is 5.73 Å². The van der Waals surface area contributed by atoms with Crippen molar-refractivity contribution in [2.45, 2.75) is 16.7 Å². The number of anilines is 1. The van der Waals surface area contributed by atoms with Gasteiger partial charge in [-0.15, -0.1) is 0 Å². The third-order valence-corrected chi connectivity index (χ3v) is 4.58. The van der Waals surface area contributed by atoms with Gasteiger partial charge in [-0.3, -0.25) is 4.98 Å². The molecule has 20 heavy (non-hydrogen) atoms. The second-order valence-corrected chi connectivity index (χ2v) is 5.90. The molecule has 0 fully saturated rings. The van der Waals surface area contributed by atoms with Gasteiger partial charge in [0.1, 0.15) is 15.9 Å². The fourth-order valence-electron chi connectivity index (χ4n) is 2.05. The van der Waals surface area contributed by atoms with Gasteiger partial charge in [-0.1, -0.05) is 17.7 Å². The highest BCUT2D eigenvalue weighted by Crippen LogP contribution is 2.31. The van der Waals surface area contributed by atoms with Crippen molar-refractivity contribution in [3.05, 3.63) is 48.2 Å². The molecule has 0 radical (unpaired) electrons. The summed E-state index contributed by atoms with van der Waals surface area (Å²) in [6.07, 6.45) is 1.58. The Kier molecular flexibility index (Phi) is 2.94. The van der Waals surface area contributed by atoms with Crippen LogP contribution in [0.5, 0.6) is 0 Å². The van der Waals surface area contributed by atoms with Crippen molar-refractivity contribution in [3.8, 4) is 0 Å². The fourth-order valence-corrected chi connectivity index (χ4v) is 3.28. The number of aryl methyl sites for hydroxylation is 1. The van der Waals surface area contributed by atoms with E-state index in [-0.39, 0.29) is 5.82 Å². The van der Waals surface area contributed by atoms with E-state index in [0.717, 1.165) is 10.3 Å². The van der Waals surface area contributed by atoms with Crippen molar-refractivity contribution in [1.29, 1.82) is 0 Å². The minimum atomic E-state index is -1.49. The largest absolute Gasteiger partial charge is 0.426 e. The van der Waals surface area contributed by atoms with E-state index in [2.05, 4.69) is 4.98 Å². The lowest BCUT2D eigenvalue weighted by atomic mass is 10.2. The lowest BCUT2D eigenvalue weighted by molar-refractivity contribution is 0.205. The first-order valence-corrected chi connectivity index (χ1v) is 7.17. The Labute approximate surface area is 118 Å². The maximum absolute atomic E-state index is 12.7. The number of nitrogens with zero attached hydrogens (tertiary/aromatic N) is 2. The summed E-state index contributed by atoms with van der Waals surface area (Å²) in [6.45, 7) is 1.96. The van der Waals surface area contributed by atoms with Gasteiger partial charge >= 0.3 is 0 Å². The topological polar surface area (TPSA) is 81.1 Å². The summed E-state index contributed by atoms with van der Waals surface area (Å²) in [7, 11) is -1.49. The number of hydrogen-bond acceptors (Lipinski definition) is 4. The number of fused-ring (bicyclic) bond motifs is 1. The highest BCUT2D eigenvalue weighted by molar-refractivity contribution is 7.85. The molecule has 1 unspecified atom stereocenters. The van der Waals surface area contributed by atoms with Crippen LogP contribution in [0.15, 0.2) is 52.4 Å². The molecule has 1 atom stereocenters. The van der Waals surface area contributed by atoms with Crippen molar-refractivity contribution in [2.24, 2.45) is 0 Å². The number of rotatable bonds is 2. The summed E-state index contributed by atoms with van der Waals surface area (Å²) >= 11 is 0. The first-order chi connectivity index (χ1) is 9.59. The smallest absolute Gasteiger partial charge is 0.159 e. The van der Waals surface area contributed by atoms with Crippen LogP contribution in [0.25, 0.3) is 11.0 Å². The average molecular weight is 287 g/mol. The van der Waals surface area contributed by atoms with E-state index in [0.29, 0.717) is 20.8 Å². The van der Waals surface area contributed by atoms with Crippen molar-refractivity contribution < 1.29 is 9.42 Å². The lowest BCUT2D eigenvalue weighted by Crippen LogP contribution is -2.01. The molecule has 3 rings (SSSR count). The monoisotopic (exact) mass is 287 g/mol. The SMILES string of the molecule is Cc1ccc(S(=O)c2c(N)n(O)c3cccnc23)cc1. The van der Waals surface area contributed by atoms with Crippen LogP contribution >= 0.6 is 0 Å². The van der Waals surface area contributed by atoms with Crippen molar-refractivity contribution in [2.75, 3.05) is 5.73 Å². The second-order valence-electron chi connectivity index (χ2n) is 4.48. The number of nitrogens with two attached hydrogens (primary N) is 1. The molecular formula is C14H13N3O2S. The molecule has 1 aromatic carbocycles. The van der Waals surface area contributed by atoms with Crippen LogP contribution in [-0.2, 0) is 10.8 Å². The van der Waals surface area contributed by atoms with E-state index in [9.17, 15) is 9.42 Å². The van der Waals surface area contributed by atoms with Gasteiger partial charge < -0.3 is 10.9 Å². The Balaban J connectivity index is 2.22. The van der Waals surface area contributed by atoms with Gasteiger partial charge in [-0.25, -0.2) is 4.21 Å². The van der Waals surface area contributed by atoms with E-state index < -0.39 is 10.8 Å². The molecule has 102 valence electrons. The van der Waals surface area contributed by atoms with Crippen molar-refractivity contribution >= 4 is 27.7 Å². The molecule has 0 spiro atoms. The Hall–Kier alpha value is -2.34. The standard InChI is InChI=1S/C14H13N3O2S/c1-9-4-6-10(7-5-9)20(19)13-12-11(3-2-8-16-12)17(18)14(13)15/h2-8,18H,15H2,1H3. The van der Waals surface area contributed by atoms with Gasteiger partial charge in [0, 0.05) is 11.1 Å². The van der Waals surface area contributed by atoms with Gasteiger partial charge in [-0.2, -0.15) is 4.73 Å². The Morgan fingerprint density at radius 3 is 2.65 bits per heavy atom. The van der Waals surface area contributed by atoms with Gasteiger partial charge in [-0.05, 0) is 31.2 Å². The van der Waals surface area contributed by atoms with Gasteiger partial charge in [0.2, 0.25) is 0 Å². The quantitative estimate of drug-likeness (QED) is 0.709. The van der Waals surface area contributed by atoms with Crippen molar-refractivity contribution in [3.63, 3.8) is 0 Å². The molecule has 0 aliphatic heterocycles. The number of aromatic nitrogens is 2. The number of benzene rings is 1. The average Bonchev–Trinajstić information content (AvgIpc) is 2.72. The fraction of sp³-hybridized carbons (Fsp3) is 0.0714.